The highest BCUT2D eigenvalue weighted by Crippen LogP contribution is 2.26. The number of aryl methyl sites for hydroxylation is 2. The Morgan fingerprint density at radius 1 is 1.00 bits per heavy atom. The molecule has 1 nitrogen and oxygen atoms in total. The minimum atomic E-state index is -0.253. The minimum absolute atomic E-state index is 0.130. The second-order valence-corrected chi connectivity index (χ2v) is 5.05. The van der Waals surface area contributed by atoms with Gasteiger partial charge in [0.25, 0.3) is 0 Å². The van der Waals surface area contributed by atoms with Crippen LogP contribution in [0.25, 0.3) is 0 Å². The molecule has 20 heavy (non-hydrogen) atoms. The van der Waals surface area contributed by atoms with Crippen molar-refractivity contribution in [3.8, 4) is 0 Å². The SMILES string of the molecule is CCNC(c1cc(C)cc(F)c1)c1ccc(F)cc1C. The van der Waals surface area contributed by atoms with Crippen LogP contribution in [0.2, 0.25) is 0 Å². The fourth-order valence-corrected chi connectivity index (χ4v) is 2.51. The van der Waals surface area contributed by atoms with Gasteiger partial charge in [-0.3, -0.25) is 0 Å². The van der Waals surface area contributed by atoms with Gasteiger partial charge in [0.05, 0.1) is 6.04 Å². The van der Waals surface area contributed by atoms with E-state index < -0.39 is 0 Å². The van der Waals surface area contributed by atoms with Crippen LogP contribution in [0.3, 0.4) is 0 Å². The number of hydrogen-bond acceptors (Lipinski definition) is 1. The summed E-state index contributed by atoms with van der Waals surface area (Å²) in [5.41, 5.74) is 3.57. The highest BCUT2D eigenvalue weighted by Gasteiger charge is 2.16. The molecule has 1 atom stereocenters. The van der Waals surface area contributed by atoms with Crippen LogP contribution in [0.15, 0.2) is 36.4 Å². The summed E-state index contributed by atoms with van der Waals surface area (Å²) >= 11 is 0. The average molecular weight is 275 g/mol. The molecule has 1 N–H and O–H groups in total. The molecule has 1 unspecified atom stereocenters. The molecule has 0 saturated heterocycles. The van der Waals surface area contributed by atoms with Crippen LogP contribution in [0, 0.1) is 25.5 Å². The van der Waals surface area contributed by atoms with E-state index in [9.17, 15) is 8.78 Å². The zero-order chi connectivity index (χ0) is 14.7. The normalized spacial score (nSPS) is 12.4. The van der Waals surface area contributed by atoms with Gasteiger partial charge >= 0.3 is 0 Å². The first-order chi connectivity index (χ1) is 9.51. The highest BCUT2D eigenvalue weighted by molar-refractivity contribution is 5.38. The van der Waals surface area contributed by atoms with Crippen LogP contribution >= 0.6 is 0 Å². The van der Waals surface area contributed by atoms with Gasteiger partial charge in [-0.2, -0.15) is 0 Å². The van der Waals surface area contributed by atoms with Gasteiger partial charge in [-0.1, -0.05) is 19.1 Å². The second kappa shape index (κ2) is 6.14. The van der Waals surface area contributed by atoms with Crippen molar-refractivity contribution in [2.24, 2.45) is 0 Å². The third-order valence-electron chi connectivity index (χ3n) is 3.35. The van der Waals surface area contributed by atoms with Crippen molar-refractivity contribution in [3.63, 3.8) is 0 Å². The van der Waals surface area contributed by atoms with Crippen molar-refractivity contribution >= 4 is 0 Å². The van der Waals surface area contributed by atoms with Crippen LogP contribution in [0.4, 0.5) is 8.78 Å². The van der Waals surface area contributed by atoms with Crippen LogP contribution in [-0.4, -0.2) is 6.54 Å². The summed E-state index contributed by atoms with van der Waals surface area (Å²) in [4.78, 5) is 0. The van der Waals surface area contributed by atoms with E-state index in [-0.39, 0.29) is 17.7 Å². The summed E-state index contributed by atoms with van der Waals surface area (Å²) in [6.07, 6.45) is 0. The predicted molar refractivity (Wildman–Crippen MR) is 77.8 cm³/mol. The molecule has 0 radical (unpaired) electrons. The molecular weight excluding hydrogens is 256 g/mol. The molecule has 0 amide bonds. The summed E-state index contributed by atoms with van der Waals surface area (Å²) < 4.78 is 26.9. The maximum atomic E-state index is 13.6. The smallest absolute Gasteiger partial charge is 0.123 e. The molecule has 3 heteroatoms. The number of nitrogens with one attached hydrogen (secondary N) is 1. The average Bonchev–Trinajstić information content (AvgIpc) is 2.35. The Balaban J connectivity index is 2.49. The molecule has 0 fully saturated rings. The Labute approximate surface area is 118 Å². The largest absolute Gasteiger partial charge is 0.307 e. The van der Waals surface area contributed by atoms with Crippen molar-refractivity contribution < 1.29 is 8.78 Å². The van der Waals surface area contributed by atoms with Gasteiger partial charge in [0.1, 0.15) is 11.6 Å². The quantitative estimate of drug-likeness (QED) is 0.878. The maximum absolute atomic E-state index is 13.6. The van der Waals surface area contributed by atoms with Gasteiger partial charge in [-0.15, -0.1) is 0 Å². The zero-order valence-electron chi connectivity index (χ0n) is 12.0. The molecule has 0 aliphatic rings. The maximum Gasteiger partial charge on any atom is 0.123 e. The van der Waals surface area contributed by atoms with E-state index in [0.717, 1.165) is 28.8 Å². The number of rotatable bonds is 4. The third-order valence-corrected chi connectivity index (χ3v) is 3.35. The molecule has 0 aromatic heterocycles. The van der Waals surface area contributed by atoms with E-state index in [1.165, 1.54) is 24.3 Å². The topological polar surface area (TPSA) is 12.0 Å². The molecule has 0 saturated carbocycles. The zero-order valence-corrected chi connectivity index (χ0v) is 12.0. The van der Waals surface area contributed by atoms with E-state index >= 15 is 0 Å². The van der Waals surface area contributed by atoms with E-state index in [0.29, 0.717) is 0 Å². The first-order valence-corrected chi connectivity index (χ1v) is 6.77. The molecule has 2 aromatic rings. The summed E-state index contributed by atoms with van der Waals surface area (Å²) in [6.45, 7) is 6.48. The molecule has 0 spiro atoms. The van der Waals surface area contributed by atoms with Crippen molar-refractivity contribution in [2.75, 3.05) is 6.54 Å². The van der Waals surface area contributed by atoms with Crippen LogP contribution in [-0.2, 0) is 0 Å². The van der Waals surface area contributed by atoms with Crippen molar-refractivity contribution in [1.29, 1.82) is 0 Å². The van der Waals surface area contributed by atoms with Gasteiger partial charge in [-0.05, 0) is 66.9 Å². The van der Waals surface area contributed by atoms with E-state index in [2.05, 4.69) is 5.32 Å². The molecule has 0 aliphatic carbocycles. The Kier molecular flexibility index (Phi) is 4.50. The Morgan fingerprint density at radius 2 is 1.75 bits per heavy atom. The first kappa shape index (κ1) is 14.7. The molecule has 2 aromatic carbocycles. The van der Waals surface area contributed by atoms with Crippen LogP contribution in [0.1, 0.15) is 35.2 Å². The third kappa shape index (κ3) is 3.23. The summed E-state index contributed by atoms with van der Waals surface area (Å²) in [6, 6.07) is 9.57. The van der Waals surface area contributed by atoms with Crippen molar-refractivity contribution in [1.82, 2.24) is 5.32 Å². The number of hydrogen-bond donors (Lipinski definition) is 1. The first-order valence-electron chi connectivity index (χ1n) is 6.77. The molecule has 0 bridgehead atoms. The Morgan fingerprint density at radius 3 is 2.35 bits per heavy atom. The minimum Gasteiger partial charge on any atom is -0.307 e. The Bertz CT molecular complexity index is 588. The summed E-state index contributed by atoms with van der Waals surface area (Å²) in [5, 5.41) is 3.34. The molecule has 106 valence electrons. The molecule has 0 aliphatic heterocycles. The van der Waals surface area contributed by atoms with Gasteiger partial charge in [0, 0.05) is 0 Å². The fraction of sp³-hybridized carbons (Fsp3) is 0.294. The summed E-state index contributed by atoms with van der Waals surface area (Å²) in [5.74, 6) is -0.500. The lowest BCUT2D eigenvalue weighted by Gasteiger charge is -2.21. The van der Waals surface area contributed by atoms with Crippen LogP contribution < -0.4 is 5.32 Å². The fourth-order valence-electron chi connectivity index (χ4n) is 2.51. The van der Waals surface area contributed by atoms with E-state index in [4.69, 9.17) is 0 Å². The molecular formula is C17H19F2N. The Hall–Kier alpha value is -1.74. The number of benzene rings is 2. The van der Waals surface area contributed by atoms with Crippen molar-refractivity contribution in [2.45, 2.75) is 26.8 Å². The highest BCUT2D eigenvalue weighted by atomic mass is 19.1. The second-order valence-electron chi connectivity index (χ2n) is 5.05. The predicted octanol–water partition coefficient (Wildman–Crippen LogP) is 4.28. The lowest BCUT2D eigenvalue weighted by molar-refractivity contribution is 0.595. The lowest BCUT2D eigenvalue weighted by atomic mass is 9.94. The van der Waals surface area contributed by atoms with Crippen LogP contribution in [0.5, 0.6) is 0 Å². The lowest BCUT2D eigenvalue weighted by Crippen LogP contribution is -2.23. The number of halogens is 2. The van der Waals surface area contributed by atoms with Gasteiger partial charge in [-0.25, -0.2) is 8.78 Å². The molecule has 2 rings (SSSR count). The molecule has 0 heterocycles. The van der Waals surface area contributed by atoms with Gasteiger partial charge < -0.3 is 5.32 Å². The van der Waals surface area contributed by atoms with E-state index in [1.807, 2.05) is 26.8 Å². The van der Waals surface area contributed by atoms with Gasteiger partial charge in [0.15, 0.2) is 0 Å². The monoisotopic (exact) mass is 275 g/mol. The standard InChI is InChI=1S/C17H19F2N/c1-4-20-17(13-7-11(2)8-15(19)10-13)16-6-5-14(18)9-12(16)3/h5-10,17,20H,4H2,1-3H3. The van der Waals surface area contributed by atoms with E-state index in [1.54, 1.807) is 6.07 Å². The summed E-state index contributed by atoms with van der Waals surface area (Å²) in [7, 11) is 0. The van der Waals surface area contributed by atoms with Crippen molar-refractivity contribution in [3.05, 3.63) is 70.3 Å². The van der Waals surface area contributed by atoms with Gasteiger partial charge in [0.2, 0.25) is 0 Å².